The summed E-state index contributed by atoms with van der Waals surface area (Å²) in [5.74, 6) is 0.785. The normalized spacial score (nSPS) is 11.9. The molecule has 0 aliphatic rings. The molecule has 4 rings (SSSR count). The number of para-hydroxylation sites is 1. The molecular formula is C25H24N2O2. The molecule has 0 saturated carbocycles. The van der Waals surface area contributed by atoms with Gasteiger partial charge >= 0.3 is 0 Å². The van der Waals surface area contributed by atoms with Gasteiger partial charge in [-0.1, -0.05) is 60.7 Å². The van der Waals surface area contributed by atoms with E-state index in [-0.39, 0.29) is 11.8 Å². The topological polar surface area (TPSA) is 54.1 Å². The molecule has 0 spiro atoms. The van der Waals surface area contributed by atoms with E-state index in [0.717, 1.165) is 33.3 Å². The number of H-pyrrole nitrogens is 1. The molecule has 0 aliphatic carbocycles. The van der Waals surface area contributed by atoms with Crippen LogP contribution in [-0.2, 0) is 11.3 Å². The summed E-state index contributed by atoms with van der Waals surface area (Å²) in [5, 5.41) is 4.20. The zero-order chi connectivity index (χ0) is 20.1. The van der Waals surface area contributed by atoms with E-state index in [9.17, 15) is 4.79 Å². The minimum Gasteiger partial charge on any atom is -0.497 e. The van der Waals surface area contributed by atoms with Crippen molar-refractivity contribution in [3.8, 4) is 5.75 Å². The van der Waals surface area contributed by atoms with Gasteiger partial charge in [-0.25, -0.2) is 0 Å². The number of aromatic nitrogens is 1. The van der Waals surface area contributed by atoms with E-state index in [0.29, 0.717) is 13.0 Å². The highest BCUT2D eigenvalue weighted by Gasteiger charge is 2.21. The van der Waals surface area contributed by atoms with Gasteiger partial charge in [0.2, 0.25) is 5.91 Å². The van der Waals surface area contributed by atoms with E-state index in [1.807, 2.05) is 72.9 Å². The molecule has 29 heavy (non-hydrogen) atoms. The molecule has 1 heterocycles. The summed E-state index contributed by atoms with van der Waals surface area (Å²) in [7, 11) is 1.66. The molecule has 0 aliphatic heterocycles. The number of methoxy groups -OCH3 is 1. The van der Waals surface area contributed by atoms with Gasteiger partial charge in [-0.05, 0) is 34.9 Å². The molecule has 4 aromatic rings. The maximum absolute atomic E-state index is 12.8. The Balaban J connectivity index is 1.60. The van der Waals surface area contributed by atoms with Crippen molar-refractivity contribution < 1.29 is 9.53 Å². The molecule has 1 amide bonds. The highest BCUT2D eigenvalue weighted by molar-refractivity contribution is 5.86. The second kappa shape index (κ2) is 8.65. The maximum atomic E-state index is 12.8. The van der Waals surface area contributed by atoms with Gasteiger partial charge in [-0.3, -0.25) is 4.79 Å². The molecule has 1 aromatic heterocycles. The van der Waals surface area contributed by atoms with Crippen LogP contribution in [0.2, 0.25) is 0 Å². The maximum Gasteiger partial charge on any atom is 0.221 e. The second-order valence-electron chi connectivity index (χ2n) is 7.08. The molecule has 146 valence electrons. The molecule has 0 saturated heterocycles. The van der Waals surface area contributed by atoms with E-state index in [4.69, 9.17) is 4.74 Å². The van der Waals surface area contributed by atoms with Crippen LogP contribution in [0.5, 0.6) is 5.75 Å². The number of ether oxygens (including phenoxy) is 1. The number of hydrogen-bond donors (Lipinski definition) is 2. The Morgan fingerprint density at radius 2 is 1.69 bits per heavy atom. The highest BCUT2D eigenvalue weighted by atomic mass is 16.5. The number of nitrogens with one attached hydrogen (secondary N) is 2. The van der Waals surface area contributed by atoms with Crippen LogP contribution in [0.3, 0.4) is 0 Å². The predicted octanol–water partition coefficient (Wildman–Crippen LogP) is 5.01. The van der Waals surface area contributed by atoms with Crippen molar-refractivity contribution in [3.05, 3.63) is 102 Å². The van der Waals surface area contributed by atoms with E-state index in [2.05, 4.69) is 22.4 Å². The lowest BCUT2D eigenvalue weighted by Crippen LogP contribution is -2.25. The summed E-state index contributed by atoms with van der Waals surface area (Å²) < 4.78 is 5.29. The molecule has 2 N–H and O–H groups in total. The van der Waals surface area contributed by atoms with Gasteiger partial charge in [0.05, 0.1) is 7.11 Å². The minimum absolute atomic E-state index is 0.0277. The predicted molar refractivity (Wildman–Crippen MR) is 116 cm³/mol. The van der Waals surface area contributed by atoms with Gasteiger partial charge < -0.3 is 15.0 Å². The van der Waals surface area contributed by atoms with Crippen LogP contribution >= 0.6 is 0 Å². The Morgan fingerprint density at radius 1 is 0.966 bits per heavy atom. The fourth-order valence-corrected chi connectivity index (χ4v) is 3.68. The van der Waals surface area contributed by atoms with Crippen LogP contribution in [0.15, 0.2) is 85.1 Å². The second-order valence-corrected chi connectivity index (χ2v) is 7.08. The average Bonchev–Trinajstić information content (AvgIpc) is 3.21. The molecule has 0 radical (unpaired) electrons. The van der Waals surface area contributed by atoms with Crippen molar-refractivity contribution in [2.24, 2.45) is 0 Å². The van der Waals surface area contributed by atoms with Gasteiger partial charge in [-0.2, -0.15) is 0 Å². The molecule has 0 bridgehead atoms. The lowest BCUT2D eigenvalue weighted by molar-refractivity contribution is -0.121. The molecule has 1 atom stereocenters. The average molecular weight is 384 g/mol. The Bertz CT molecular complexity index is 1080. The fraction of sp³-hybridized carbons (Fsp3) is 0.160. The summed E-state index contributed by atoms with van der Waals surface area (Å²) in [6.45, 7) is 0.531. The smallest absolute Gasteiger partial charge is 0.221 e. The zero-order valence-electron chi connectivity index (χ0n) is 16.4. The first kappa shape index (κ1) is 18.8. The zero-order valence-corrected chi connectivity index (χ0v) is 16.4. The Hall–Kier alpha value is -3.53. The molecular weight excluding hydrogens is 360 g/mol. The Morgan fingerprint density at radius 3 is 2.45 bits per heavy atom. The number of carbonyl (C=O) groups excluding carboxylic acids is 1. The third-order valence-electron chi connectivity index (χ3n) is 5.24. The van der Waals surface area contributed by atoms with Gasteiger partial charge in [-0.15, -0.1) is 0 Å². The number of aromatic amines is 1. The lowest BCUT2D eigenvalue weighted by Gasteiger charge is -2.18. The molecule has 4 nitrogen and oxygen atoms in total. The number of amides is 1. The minimum atomic E-state index is -0.0483. The third-order valence-corrected chi connectivity index (χ3v) is 5.24. The number of carbonyl (C=O) groups is 1. The van der Waals surface area contributed by atoms with Gasteiger partial charge in [0.15, 0.2) is 0 Å². The molecule has 0 fully saturated rings. The highest BCUT2D eigenvalue weighted by Crippen LogP contribution is 2.34. The monoisotopic (exact) mass is 384 g/mol. The van der Waals surface area contributed by atoms with Crippen molar-refractivity contribution >= 4 is 16.8 Å². The summed E-state index contributed by atoms with van der Waals surface area (Å²) >= 11 is 0. The van der Waals surface area contributed by atoms with E-state index < -0.39 is 0 Å². The quantitative estimate of drug-likeness (QED) is 0.470. The molecule has 3 aromatic carbocycles. The van der Waals surface area contributed by atoms with Crippen molar-refractivity contribution in [1.29, 1.82) is 0 Å². The van der Waals surface area contributed by atoms with Gasteiger partial charge in [0.25, 0.3) is 0 Å². The van der Waals surface area contributed by atoms with Crippen LogP contribution in [0.4, 0.5) is 0 Å². The first-order chi connectivity index (χ1) is 14.2. The van der Waals surface area contributed by atoms with Crippen molar-refractivity contribution in [1.82, 2.24) is 10.3 Å². The van der Waals surface area contributed by atoms with Crippen LogP contribution in [-0.4, -0.2) is 18.0 Å². The third kappa shape index (κ3) is 4.32. The van der Waals surface area contributed by atoms with Crippen LogP contribution < -0.4 is 10.1 Å². The fourth-order valence-electron chi connectivity index (χ4n) is 3.68. The van der Waals surface area contributed by atoms with E-state index >= 15 is 0 Å². The number of benzene rings is 3. The Kier molecular flexibility index (Phi) is 5.61. The summed E-state index contributed by atoms with van der Waals surface area (Å²) in [6.07, 6.45) is 2.39. The van der Waals surface area contributed by atoms with Gasteiger partial charge in [0.1, 0.15) is 5.75 Å². The van der Waals surface area contributed by atoms with Crippen LogP contribution in [0.1, 0.15) is 29.0 Å². The number of fused-ring (bicyclic) bond motifs is 1. The standard InChI is InChI=1S/C25H24N2O2/c1-29-20-13-11-19(12-14-20)22(23-17-26-24-10-6-5-9-21(23)24)15-25(28)27-16-18-7-3-2-4-8-18/h2-14,17,22,26H,15-16H2,1H3,(H,27,28). The van der Waals surface area contributed by atoms with E-state index in [1.54, 1.807) is 7.11 Å². The largest absolute Gasteiger partial charge is 0.497 e. The SMILES string of the molecule is COc1ccc(C(CC(=O)NCc2ccccc2)c2c[nH]c3ccccc23)cc1. The van der Waals surface area contributed by atoms with Crippen LogP contribution in [0, 0.1) is 0 Å². The first-order valence-corrected chi connectivity index (χ1v) is 9.75. The number of rotatable bonds is 7. The molecule has 1 unspecified atom stereocenters. The van der Waals surface area contributed by atoms with Crippen molar-refractivity contribution in [2.45, 2.75) is 18.9 Å². The summed E-state index contributed by atoms with van der Waals surface area (Å²) in [6, 6.07) is 26.1. The Labute approximate surface area is 170 Å². The molecule has 4 heteroatoms. The van der Waals surface area contributed by atoms with Gasteiger partial charge in [0, 0.05) is 36.0 Å². The lowest BCUT2D eigenvalue weighted by atomic mass is 9.88. The summed E-state index contributed by atoms with van der Waals surface area (Å²) in [4.78, 5) is 16.1. The number of hydrogen-bond acceptors (Lipinski definition) is 2. The first-order valence-electron chi connectivity index (χ1n) is 9.75. The summed E-state index contributed by atoms with van der Waals surface area (Å²) in [5.41, 5.74) is 4.38. The van der Waals surface area contributed by atoms with Crippen molar-refractivity contribution in [2.75, 3.05) is 7.11 Å². The van der Waals surface area contributed by atoms with Crippen LogP contribution in [0.25, 0.3) is 10.9 Å². The van der Waals surface area contributed by atoms with E-state index in [1.165, 1.54) is 0 Å². The van der Waals surface area contributed by atoms with Crippen molar-refractivity contribution in [3.63, 3.8) is 0 Å².